The van der Waals surface area contributed by atoms with Crippen LogP contribution < -0.4 is 0 Å². The third kappa shape index (κ3) is 3.40. The van der Waals surface area contributed by atoms with Gasteiger partial charge in [0, 0.05) is 44.3 Å². The Morgan fingerprint density at radius 3 is 3.00 bits per heavy atom. The Hall–Kier alpha value is -1.60. The number of carbonyl (C=O) groups is 1. The van der Waals surface area contributed by atoms with Crippen LogP contribution in [-0.4, -0.2) is 53.1 Å². The lowest BCUT2D eigenvalue weighted by Crippen LogP contribution is -2.50. The highest BCUT2D eigenvalue weighted by atomic mass is 19.3. The fourth-order valence-electron chi connectivity index (χ4n) is 4.07. The summed E-state index contributed by atoms with van der Waals surface area (Å²) in [6, 6.07) is 3.72. The number of likely N-dealkylation sites (tertiary alicyclic amines) is 1. The van der Waals surface area contributed by atoms with Gasteiger partial charge in [-0.2, -0.15) is 0 Å². The smallest absolute Gasteiger partial charge is 0.249 e. The Morgan fingerprint density at radius 1 is 1.44 bits per heavy atom. The summed E-state index contributed by atoms with van der Waals surface area (Å²) in [5.74, 6) is -3.41. The molecule has 3 atom stereocenters. The zero-order valence-electron chi connectivity index (χ0n) is 13.9. The van der Waals surface area contributed by atoms with E-state index in [0.29, 0.717) is 19.8 Å². The van der Waals surface area contributed by atoms with Crippen molar-refractivity contribution in [3.8, 4) is 0 Å². The highest BCUT2D eigenvalue weighted by molar-refractivity contribution is 5.81. The first-order valence-electron chi connectivity index (χ1n) is 8.84. The highest BCUT2D eigenvalue weighted by Gasteiger charge is 2.54. The summed E-state index contributed by atoms with van der Waals surface area (Å²) in [4.78, 5) is 18.5. The molecule has 1 aromatic rings. The van der Waals surface area contributed by atoms with Gasteiger partial charge < -0.3 is 14.4 Å². The van der Waals surface area contributed by atoms with Crippen LogP contribution in [0.5, 0.6) is 0 Å². The van der Waals surface area contributed by atoms with E-state index < -0.39 is 11.8 Å². The van der Waals surface area contributed by atoms with Gasteiger partial charge in [0.2, 0.25) is 11.8 Å². The van der Waals surface area contributed by atoms with Gasteiger partial charge in [-0.15, -0.1) is 0 Å². The first kappa shape index (κ1) is 16.8. The predicted octanol–water partition coefficient (Wildman–Crippen LogP) is 2.40. The number of fused-ring (bicyclic) bond motifs is 1. The number of rotatable bonds is 4. The molecule has 0 spiro atoms. The Labute approximate surface area is 145 Å². The summed E-state index contributed by atoms with van der Waals surface area (Å²) < 4.78 is 38.1. The molecule has 0 bridgehead atoms. The highest BCUT2D eigenvalue weighted by Crippen LogP contribution is 2.44. The summed E-state index contributed by atoms with van der Waals surface area (Å²) in [7, 11) is 0. The minimum atomic E-state index is -2.68. The van der Waals surface area contributed by atoms with Crippen molar-refractivity contribution in [1.82, 2.24) is 9.88 Å². The molecule has 1 amide bonds. The third-order valence-corrected chi connectivity index (χ3v) is 5.39. The van der Waals surface area contributed by atoms with Crippen molar-refractivity contribution in [3.63, 3.8) is 0 Å². The van der Waals surface area contributed by atoms with E-state index in [9.17, 15) is 13.6 Å². The van der Waals surface area contributed by atoms with Crippen molar-refractivity contribution >= 4 is 5.91 Å². The maximum Gasteiger partial charge on any atom is 0.249 e. The van der Waals surface area contributed by atoms with E-state index >= 15 is 0 Å². The Morgan fingerprint density at radius 2 is 2.28 bits per heavy atom. The van der Waals surface area contributed by atoms with Crippen molar-refractivity contribution < 1.29 is 23.0 Å². The normalized spacial score (nSPS) is 31.4. The molecular weight excluding hydrogens is 330 g/mol. The summed E-state index contributed by atoms with van der Waals surface area (Å²) in [5, 5.41) is 0. The number of nitrogens with zero attached hydrogens (tertiary/aromatic N) is 2. The van der Waals surface area contributed by atoms with Crippen LogP contribution >= 0.6 is 0 Å². The van der Waals surface area contributed by atoms with Crippen LogP contribution in [0.25, 0.3) is 0 Å². The Kier molecular flexibility index (Phi) is 4.45. The van der Waals surface area contributed by atoms with Crippen LogP contribution in [0.15, 0.2) is 24.5 Å². The van der Waals surface area contributed by atoms with Crippen molar-refractivity contribution in [2.45, 2.75) is 56.5 Å². The molecule has 0 unspecified atom stereocenters. The maximum atomic E-state index is 13.1. The summed E-state index contributed by atoms with van der Waals surface area (Å²) >= 11 is 0. The molecule has 25 heavy (non-hydrogen) atoms. The van der Waals surface area contributed by atoms with Gasteiger partial charge in [-0.1, -0.05) is 6.07 Å². The molecule has 1 saturated carbocycles. The molecule has 3 fully saturated rings. The van der Waals surface area contributed by atoms with Gasteiger partial charge >= 0.3 is 0 Å². The van der Waals surface area contributed by atoms with E-state index in [0.717, 1.165) is 18.4 Å². The number of ether oxygens (including phenoxy) is 2. The van der Waals surface area contributed by atoms with E-state index in [4.69, 9.17) is 9.47 Å². The fraction of sp³-hybridized carbons (Fsp3) is 0.667. The van der Waals surface area contributed by atoms with E-state index in [1.165, 1.54) is 0 Å². The van der Waals surface area contributed by atoms with Gasteiger partial charge in [-0.3, -0.25) is 9.78 Å². The molecule has 2 aliphatic heterocycles. The quantitative estimate of drug-likeness (QED) is 0.835. The maximum absolute atomic E-state index is 13.1. The van der Waals surface area contributed by atoms with Gasteiger partial charge in [-0.05, 0) is 24.5 Å². The van der Waals surface area contributed by atoms with E-state index in [1.807, 2.05) is 12.1 Å². The Balaban J connectivity index is 1.42. The zero-order valence-corrected chi connectivity index (χ0v) is 13.9. The second-order valence-electron chi connectivity index (χ2n) is 7.21. The number of pyridine rings is 1. The molecule has 0 aromatic carbocycles. The number of amides is 1. The molecule has 0 radical (unpaired) electrons. The molecule has 2 saturated heterocycles. The monoisotopic (exact) mass is 352 g/mol. The second kappa shape index (κ2) is 6.61. The van der Waals surface area contributed by atoms with Gasteiger partial charge in [0.25, 0.3) is 0 Å². The largest absolute Gasteiger partial charge is 0.373 e. The molecule has 1 aromatic heterocycles. The molecule has 5 nitrogen and oxygen atoms in total. The minimum Gasteiger partial charge on any atom is -0.373 e. The number of halogens is 2. The van der Waals surface area contributed by atoms with Crippen LogP contribution in [-0.2, 0) is 20.9 Å². The van der Waals surface area contributed by atoms with Crippen molar-refractivity contribution in [2.75, 3.05) is 13.2 Å². The van der Waals surface area contributed by atoms with Crippen LogP contribution in [0, 0.1) is 5.92 Å². The number of carbonyl (C=O) groups excluding carboxylic acids is 1. The molecule has 0 N–H and O–H groups in total. The number of aromatic nitrogens is 1. The SMILES string of the molecule is O=C(C1CC(F)(F)C1)N1C[C@H](OCc2cccnc2)[C@H]2OCCC[C@H]21. The summed E-state index contributed by atoms with van der Waals surface area (Å²) in [6.45, 7) is 1.46. The van der Waals surface area contributed by atoms with Gasteiger partial charge in [-0.25, -0.2) is 8.78 Å². The van der Waals surface area contributed by atoms with Crippen molar-refractivity contribution in [3.05, 3.63) is 30.1 Å². The number of hydrogen-bond donors (Lipinski definition) is 0. The zero-order chi connectivity index (χ0) is 17.4. The fourth-order valence-corrected chi connectivity index (χ4v) is 4.07. The number of hydrogen-bond acceptors (Lipinski definition) is 4. The average molecular weight is 352 g/mol. The van der Waals surface area contributed by atoms with Crippen molar-refractivity contribution in [2.24, 2.45) is 5.92 Å². The van der Waals surface area contributed by atoms with Crippen LogP contribution in [0.3, 0.4) is 0 Å². The standard InChI is InChI=1S/C18H22F2N2O3/c19-18(20)7-13(8-18)17(23)22-10-15(16-14(22)4-2-6-24-16)25-11-12-3-1-5-21-9-12/h1,3,5,9,13-16H,2,4,6-8,10-11H2/t14-,15+,16+/m1/s1. The average Bonchev–Trinajstić information content (AvgIpc) is 2.97. The predicted molar refractivity (Wildman–Crippen MR) is 85.0 cm³/mol. The molecule has 3 heterocycles. The summed E-state index contributed by atoms with van der Waals surface area (Å²) in [5.41, 5.74) is 0.957. The van der Waals surface area contributed by atoms with E-state index in [1.54, 1.807) is 17.3 Å². The first-order valence-corrected chi connectivity index (χ1v) is 8.84. The molecule has 1 aliphatic carbocycles. The molecule has 7 heteroatoms. The number of alkyl halides is 2. The molecular formula is C18H22F2N2O3. The molecule has 136 valence electrons. The van der Waals surface area contributed by atoms with E-state index in [2.05, 4.69) is 4.98 Å². The van der Waals surface area contributed by atoms with Gasteiger partial charge in [0.1, 0.15) is 12.2 Å². The van der Waals surface area contributed by atoms with Crippen LogP contribution in [0.4, 0.5) is 8.78 Å². The van der Waals surface area contributed by atoms with E-state index in [-0.39, 0.29) is 37.0 Å². The summed E-state index contributed by atoms with van der Waals surface area (Å²) in [6.07, 6.45) is 4.10. The molecule has 3 aliphatic rings. The van der Waals surface area contributed by atoms with Gasteiger partial charge in [0.05, 0.1) is 12.6 Å². The lowest BCUT2D eigenvalue weighted by atomic mass is 9.80. The third-order valence-electron chi connectivity index (χ3n) is 5.39. The van der Waals surface area contributed by atoms with Gasteiger partial charge in [0.15, 0.2) is 0 Å². The van der Waals surface area contributed by atoms with Crippen molar-refractivity contribution in [1.29, 1.82) is 0 Å². The minimum absolute atomic E-state index is 0.0608. The van der Waals surface area contributed by atoms with Crippen LogP contribution in [0.2, 0.25) is 0 Å². The Bertz CT molecular complexity index is 620. The first-order chi connectivity index (χ1) is 12.0. The lowest BCUT2D eigenvalue weighted by Gasteiger charge is -2.39. The molecule has 4 rings (SSSR count). The van der Waals surface area contributed by atoms with Crippen LogP contribution in [0.1, 0.15) is 31.2 Å². The lowest BCUT2D eigenvalue weighted by molar-refractivity contribution is -0.162. The topological polar surface area (TPSA) is 51.7 Å². The second-order valence-corrected chi connectivity index (χ2v) is 7.21.